The Morgan fingerprint density at radius 2 is 2.00 bits per heavy atom. The smallest absolute Gasteiger partial charge is 0.377 e. The Bertz CT molecular complexity index is 473. The van der Waals surface area contributed by atoms with E-state index in [1.54, 1.807) is 0 Å². The van der Waals surface area contributed by atoms with Gasteiger partial charge in [0.15, 0.2) is 11.6 Å². The molecule has 0 saturated heterocycles. The lowest BCUT2D eigenvalue weighted by Crippen LogP contribution is -2.15. The van der Waals surface area contributed by atoms with Crippen molar-refractivity contribution in [2.24, 2.45) is 0 Å². The number of Topliss-reactive ketones (excluding diaryl/α,β-unsaturated/α-hetero) is 1. The third-order valence-electron chi connectivity index (χ3n) is 1.76. The molecule has 0 radical (unpaired) electrons. The van der Waals surface area contributed by atoms with Crippen LogP contribution in [0.5, 0.6) is 5.75 Å². The van der Waals surface area contributed by atoms with E-state index in [-0.39, 0.29) is 0 Å². The van der Waals surface area contributed by atoms with E-state index >= 15 is 0 Å². The van der Waals surface area contributed by atoms with Crippen LogP contribution >= 0.6 is 15.9 Å². The first-order chi connectivity index (χ1) is 7.40. The number of hydrogen-bond acceptors (Lipinski definition) is 3. The molecular formula is C9H5BrF2O4. The van der Waals surface area contributed by atoms with Gasteiger partial charge in [-0.15, -0.1) is 0 Å². The van der Waals surface area contributed by atoms with E-state index in [1.807, 2.05) is 0 Å². The normalized spacial score (nSPS) is 10.0. The number of benzene rings is 1. The lowest BCUT2D eigenvalue weighted by atomic mass is 10.1. The highest BCUT2D eigenvalue weighted by molar-refractivity contribution is 9.10. The lowest BCUT2D eigenvalue weighted by molar-refractivity contribution is -0.131. The number of carbonyl (C=O) groups excluding carboxylic acids is 1. The number of ether oxygens (including phenoxy) is 1. The maximum Gasteiger partial charge on any atom is 0.377 e. The summed E-state index contributed by atoms with van der Waals surface area (Å²) in [5, 5.41) is 8.44. The zero-order chi connectivity index (χ0) is 12.5. The van der Waals surface area contributed by atoms with E-state index < -0.39 is 39.2 Å². The van der Waals surface area contributed by atoms with Crippen LogP contribution in [0.2, 0.25) is 0 Å². The molecule has 0 amide bonds. The van der Waals surface area contributed by atoms with Crippen LogP contribution in [0.15, 0.2) is 10.5 Å². The van der Waals surface area contributed by atoms with E-state index in [0.29, 0.717) is 6.07 Å². The summed E-state index contributed by atoms with van der Waals surface area (Å²) in [5.41, 5.74) is -0.673. The standard InChI is InChI=1S/C9H5BrF2O4/c1-16-8-3(7(13)9(14)15)2-4(11)5(10)6(8)12/h2H,1H3,(H,14,15). The van der Waals surface area contributed by atoms with Gasteiger partial charge in [0.05, 0.1) is 17.1 Å². The molecule has 1 rings (SSSR count). The molecule has 16 heavy (non-hydrogen) atoms. The van der Waals surface area contributed by atoms with Gasteiger partial charge in [0, 0.05) is 0 Å². The second kappa shape index (κ2) is 4.56. The van der Waals surface area contributed by atoms with Gasteiger partial charge in [0.25, 0.3) is 5.78 Å². The van der Waals surface area contributed by atoms with E-state index in [4.69, 9.17) is 5.11 Å². The van der Waals surface area contributed by atoms with Crippen LogP contribution in [0.1, 0.15) is 10.4 Å². The molecule has 1 aromatic carbocycles. The van der Waals surface area contributed by atoms with E-state index in [2.05, 4.69) is 20.7 Å². The molecule has 1 N–H and O–H groups in total. The van der Waals surface area contributed by atoms with E-state index in [0.717, 1.165) is 7.11 Å². The van der Waals surface area contributed by atoms with Crippen LogP contribution < -0.4 is 4.74 Å². The van der Waals surface area contributed by atoms with E-state index in [9.17, 15) is 18.4 Å². The van der Waals surface area contributed by atoms with Gasteiger partial charge in [-0.3, -0.25) is 4.79 Å². The molecule has 4 nitrogen and oxygen atoms in total. The highest BCUT2D eigenvalue weighted by Gasteiger charge is 2.25. The van der Waals surface area contributed by atoms with Gasteiger partial charge in [-0.2, -0.15) is 0 Å². The van der Waals surface area contributed by atoms with Gasteiger partial charge in [-0.05, 0) is 22.0 Å². The zero-order valence-electron chi connectivity index (χ0n) is 7.88. The molecule has 0 bridgehead atoms. The Kier molecular flexibility index (Phi) is 3.58. The fourth-order valence-corrected chi connectivity index (χ4v) is 1.36. The third kappa shape index (κ3) is 2.04. The number of carboxylic acids is 1. The van der Waals surface area contributed by atoms with Gasteiger partial charge in [0.2, 0.25) is 0 Å². The Labute approximate surface area is 97.0 Å². The molecule has 0 aliphatic rings. The van der Waals surface area contributed by atoms with E-state index in [1.165, 1.54) is 0 Å². The Balaban J connectivity index is 3.51. The predicted molar refractivity (Wildman–Crippen MR) is 52.6 cm³/mol. The van der Waals surface area contributed by atoms with Crippen molar-refractivity contribution in [3.63, 3.8) is 0 Å². The number of carboxylic acid groups (broad SMARTS) is 1. The van der Waals surface area contributed by atoms with Gasteiger partial charge < -0.3 is 9.84 Å². The predicted octanol–water partition coefficient (Wildman–Crippen LogP) is 2.00. The minimum absolute atomic E-state index is 0.522. The fourth-order valence-electron chi connectivity index (χ4n) is 1.06. The molecule has 7 heteroatoms. The molecule has 0 unspecified atom stereocenters. The lowest BCUT2D eigenvalue weighted by Gasteiger charge is -2.08. The number of halogens is 3. The van der Waals surface area contributed by atoms with Crippen molar-refractivity contribution >= 4 is 27.7 Å². The summed E-state index contributed by atoms with van der Waals surface area (Å²) in [7, 11) is 1.04. The van der Waals surface area contributed by atoms with Crippen LogP contribution in [-0.2, 0) is 4.79 Å². The highest BCUT2D eigenvalue weighted by atomic mass is 79.9. The van der Waals surface area contributed by atoms with Crippen molar-refractivity contribution < 1.29 is 28.2 Å². The summed E-state index contributed by atoms with van der Waals surface area (Å²) in [4.78, 5) is 21.5. The molecule has 0 fully saturated rings. The average molecular weight is 295 g/mol. The van der Waals surface area contributed by atoms with Crippen molar-refractivity contribution in [3.05, 3.63) is 27.7 Å². The summed E-state index contributed by atoms with van der Waals surface area (Å²) >= 11 is 2.60. The van der Waals surface area contributed by atoms with Crippen LogP contribution in [0.3, 0.4) is 0 Å². The molecule has 0 saturated carbocycles. The maximum atomic E-state index is 13.4. The number of hydrogen-bond donors (Lipinski definition) is 1. The third-order valence-corrected chi connectivity index (χ3v) is 2.49. The van der Waals surface area contributed by atoms with Crippen LogP contribution in [-0.4, -0.2) is 24.0 Å². The fraction of sp³-hybridized carbons (Fsp3) is 0.111. The van der Waals surface area contributed by atoms with Crippen LogP contribution in [0.25, 0.3) is 0 Å². The molecule has 0 aliphatic heterocycles. The number of methoxy groups -OCH3 is 1. The Morgan fingerprint density at radius 3 is 2.44 bits per heavy atom. The molecular weight excluding hydrogens is 290 g/mol. The molecule has 1 aromatic rings. The Morgan fingerprint density at radius 1 is 1.44 bits per heavy atom. The number of ketones is 1. The topological polar surface area (TPSA) is 63.6 Å². The van der Waals surface area contributed by atoms with Crippen molar-refractivity contribution in [2.75, 3.05) is 7.11 Å². The molecule has 0 atom stereocenters. The minimum Gasteiger partial charge on any atom is -0.493 e. The van der Waals surface area contributed by atoms with Crippen LogP contribution in [0.4, 0.5) is 8.78 Å². The number of rotatable bonds is 3. The summed E-state index contributed by atoms with van der Waals surface area (Å²) in [6, 6.07) is 0.600. The summed E-state index contributed by atoms with van der Waals surface area (Å²) in [6.07, 6.45) is 0. The minimum atomic E-state index is -1.82. The highest BCUT2D eigenvalue weighted by Crippen LogP contribution is 2.31. The molecule has 0 aromatic heterocycles. The van der Waals surface area contributed by atoms with Crippen LogP contribution in [0, 0.1) is 11.6 Å². The molecule has 0 heterocycles. The monoisotopic (exact) mass is 294 g/mol. The first-order valence-corrected chi connectivity index (χ1v) is 4.68. The summed E-state index contributed by atoms with van der Waals surface area (Å²) in [6.45, 7) is 0. The average Bonchev–Trinajstić information content (AvgIpc) is 2.24. The Hall–Kier alpha value is -1.50. The van der Waals surface area contributed by atoms with Crippen molar-refractivity contribution in [1.82, 2.24) is 0 Å². The van der Waals surface area contributed by atoms with Gasteiger partial charge in [0.1, 0.15) is 5.82 Å². The largest absolute Gasteiger partial charge is 0.493 e. The van der Waals surface area contributed by atoms with Crippen molar-refractivity contribution in [3.8, 4) is 5.75 Å². The molecule has 0 spiro atoms. The summed E-state index contributed by atoms with van der Waals surface area (Å²) in [5.74, 6) is -6.11. The van der Waals surface area contributed by atoms with Crippen molar-refractivity contribution in [2.45, 2.75) is 0 Å². The van der Waals surface area contributed by atoms with Gasteiger partial charge in [-0.1, -0.05) is 0 Å². The zero-order valence-corrected chi connectivity index (χ0v) is 9.47. The summed E-state index contributed by atoms with van der Waals surface area (Å²) < 4.78 is 30.5. The number of carbonyl (C=O) groups is 2. The van der Waals surface area contributed by atoms with Gasteiger partial charge >= 0.3 is 5.97 Å². The molecule has 86 valence electrons. The van der Waals surface area contributed by atoms with Crippen molar-refractivity contribution in [1.29, 1.82) is 0 Å². The first kappa shape index (κ1) is 12.6. The first-order valence-electron chi connectivity index (χ1n) is 3.89. The quantitative estimate of drug-likeness (QED) is 0.526. The second-order valence-electron chi connectivity index (χ2n) is 2.70. The molecule has 0 aliphatic carbocycles. The van der Waals surface area contributed by atoms with Gasteiger partial charge in [-0.25, -0.2) is 13.6 Å². The SMILES string of the molecule is COc1c(C(=O)C(=O)O)cc(F)c(Br)c1F. The second-order valence-corrected chi connectivity index (χ2v) is 3.49. The maximum absolute atomic E-state index is 13.4. The number of aliphatic carboxylic acids is 1.